The molecule has 0 aliphatic heterocycles. The van der Waals surface area contributed by atoms with Crippen LogP contribution in [0.4, 0.5) is 4.79 Å². The zero-order valence-electron chi connectivity index (χ0n) is 42.3. The van der Waals surface area contributed by atoms with Crippen molar-refractivity contribution in [2.24, 2.45) is 0 Å². The molecule has 2 unspecified atom stereocenters. The van der Waals surface area contributed by atoms with Crippen molar-refractivity contribution in [3.05, 3.63) is 58.7 Å². The van der Waals surface area contributed by atoms with Crippen molar-refractivity contribution in [1.82, 2.24) is 36.4 Å². The monoisotopic (exact) mass is 1080 g/mol. The molecule has 2 aromatic carbocycles. The predicted octanol–water partition coefficient (Wildman–Crippen LogP) is 1.15. The third kappa shape index (κ3) is 31.5. The number of urea groups is 1. The van der Waals surface area contributed by atoms with Gasteiger partial charge in [-0.15, -0.1) is 0 Å². The number of aryl methyl sites for hydroxylation is 2. The molecule has 0 saturated carbocycles. The number of phenols is 2. The molecule has 27 nitrogen and oxygen atoms in total. The molecule has 0 spiro atoms. The second kappa shape index (κ2) is 36.8. The average Bonchev–Trinajstić information content (AvgIpc) is 3.33. The van der Waals surface area contributed by atoms with Gasteiger partial charge in [-0.1, -0.05) is 44.0 Å². The molecule has 0 saturated heterocycles. The Bertz CT molecular complexity index is 2280. The van der Waals surface area contributed by atoms with Gasteiger partial charge in [0.2, 0.25) is 17.7 Å². The summed E-state index contributed by atoms with van der Waals surface area (Å²) in [7, 11) is 0. The molecule has 76 heavy (non-hydrogen) atoms. The molecule has 0 bridgehead atoms. The number of aromatic hydroxyl groups is 2. The predicted molar refractivity (Wildman–Crippen MR) is 267 cm³/mol. The van der Waals surface area contributed by atoms with Crippen LogP contribution in [0.2, 0.25) is 0 Å². The first-order valence-electron chi connectivity index (χ1n) is 24.4. The lowest BCUT2D eigenvalue weighted by atomic mass is 10.0. The van der Waals surface area contributed by atoms with Crippen LogP contribution in [0.1, 0.15) is 106 Å². The van der Waals surface area contributed by atoms with Gasteiger partial charge in [0.25, 0.3) is 0 Å². The fourth-order valence-electron chi connectivity index (χ4n) is 7.01. The SMILES string of the molecule is CCCCNC(=O)CCCCCNC(=O)CCc1ccc(O)c(CN(CCN(CC(=O)O)Cc2cc(CCC(=O)NC(CCC(=O)O)C(=O)O)ccc2O)CC(=O)O)c1.O=C(O)CCC(NC(=O)NCC(=O)O)C(=O)O. The summed E-state index contributed by atoms with van der Waals surface area (Å²) in [4.78, 5) is 128. The van der Waals surface area contributed by atoms with E-state index in [2.05, 4.69) is 22.9 Å². The molecule has 0 fully saturated rings. The minimum Gasteiger partial charge on any atom is -0.508 e. The standard InChI is InChI=1S/C41H59N5O13.C8H12N2O7/c1-2-3-18-42-35(49)7-5-4-6-19-43-36(50)15-10-28-8-13-33(47)30(22-28)24-45(26-39(54)55)20-21-46(27-40(56)57)25-31-23-29(9-14-34(31)48)11-16-37(51)44-32(41(58)59)12-17-38(52)53;11-5(12)2-1-4(7(15)16)10-8(17)9-3-6(13)14/h8-9,13-14,22-23,32,47-48H,2-7,10-12,15-21,24-27H2,1H3,(H,42,49)(H,43,50)(H,44,51)(H,52,53)(H,54,55)(H,56,57)(H,58,59);4H,1-3H2,(H,11,12)(H,13,14)(H,15,16)(H2,9,10,17). The number of unbranched alkanes of at least 4 members (excludes halogenated alkanes) is 3. The number of aliphatic carboxylic acids is 7. The summed E-state index contributed by atoms with van der Waals surface area (Å²) in [5.41, 5.74) is 2.07. The van der Waals surface area contributed by atoms with E-state index in [9.17, 15) is 78.3 Å². The smallest absolute Gasteiger partial charge is 0.326 e. The van der Waals surface area contributed by atoms with Gasteiger partial charge >= 0.3 is 47.8 Å². The van der Waals surface area contributed by atoms with Crippen LogP contribution in [0.15, 0.2) is 36.4 Å². The Morgan fingerprint density at radius 2 is 0.934 bits per heavy atom. The van der Waals surface area contributed by atoms with Gasteiger partial charge in [0.15, 0.2) is 0 Å². The van der Waals surface area contributed by atoms with Gasteiger partial charge in [0.1, 0.15) is 30.1 Å². The number of carboxylic acid groups (broad SMARTS) is 7. The van der Waals surface area contributed by atoms with Crippen LogP contribution in [0.5, 0.6) is 11.5 Å². The normalized spacial score (nSPS) is 11.5. The van der Waals surface area contributed by atoms with Gasteiger partial charge in [-0.3, -0.25) is 48.2 Å². The van der Waals surface area contributed by atoms with Crippen LogP contribution >= 0.6 is 0 Å². The number of phenolic OH excluding ortho intramolecular Hbond substituents is 2. The molecule has 2 rings (SSSR count). The van der Waals surface area contributed by atoms with Gasteiger partial charge in [0, 0.05) is 82.5 Å². The average molecular weight is 1080 g/mol. The molecule has 5 amide bonds. The van der Waals surface area contributed by atoms with Crippen LogP contribution in [0.25, 0.3) is 0 Å². The zero-order valence-corrected chi connectivity index (χ0v) is 42.3. The summed E-state index contributed by atoms with van der Waals surface area (Å²) in [5, 5.41) is 95.9. The van der Waals surface area contributed by atoms with E-state index in [1.807, 2.05) is 10.6 Å². The summed E-state index contributed by atoms with van der Waals surface area (Å²) in [5.74, 6) is -9.71. The van der Waals surface area contributed by atoms with Crippen molar-refractivity contribution >= 4 is 65.5 Å². The lowest BCUT2D eigenvalue weighted by molar-refractivity contribution is -0.143. The van der Waals surface area contributed by atoms with Gasteiger partial charge in [-0.05, 0) is 68.2 Å². The maximum absolute atomic E-state index is 12.5. The highest BCUT2D eigenvalue weighted by Gasteiger charge is 2.23. The molecule has 0 heterocycles. The first-order chi connectivity index (χ1) is 35.9. The summed E-state index contributed by atoms with van der Waals surface area (Å²) in [6.45, 7) is 1.72. The first kappa shape index (κ1) is 65.9. The number of carbonyl (C=O) groups is 11. The number of benzene rings is 2. The van der Waals surface area contributed by atoms with E-state index in [4.69, 9.17) is 20.4 Å². The molecule has 2 atom stereocenters. The quantitative estimate of drug-likeness (QED) is 0.0419. The number of hydrogen-bond donors (Lipinski definition) is 14. The molecule has 27 heteroatoms. The highest BCUT2D eigenvalue weighted by atomic mass is 16.4. The largest absolute Gasteiger partial charge is 0.508 e. The van der Waals surface area contributed by atoms with E-state index in [1.54, 1.807) is 24.3 Å². The Labute approximate surface area is 437 Å². The van der Waals surface area contributed by atoms with Crippen LogP contribution in [-0.2, 0) is 73.9 Å². The number of carboxylic acids is 7. The van der Waals surface area contributed by atoms with E-state index >= 15 is 0 Å². The number of nitrogens with one attached hydrogen (secondary N) is 5. The molecule has 422 valence electrons. The lowest BCUT2D eigenvalue weighted by Gasteiger charge is -2.26. The molecule has 14 N–H and O–H groups in total. The van der Waals surface area contributed by atoms with Crippen LogP contribution in [-0.4, -0.2) is 179 Å². The molecule has 0 radical (unpaired) electrons. The van der Waals surface area contributed by atoms with Crippen LogP contribution < -0.4 is 26.6 Å². The van der Waals surface area contributed by atoms with Crippen molar-refractivity contribution in [2.75, 3.05) is 45.8 Å². The second-order valence-corrected chi connectivity index (χ2v) is 17.4. The lowest BCUT2D eigenvalue weighted by Crippen LogP contribution is -2.47. The maximum Gasteiger partial charge on any atom is 0.326 e. The van der Waals surface area contributed by atoms with Crippen LogP contribution in [0.3, 0.4) is 0 Å². The Hall–Kier alpha value is -8.07. The number of rotatable bonds is 38. The minimum absolute atomic E-state index is 0.00243. The van der Waals surface area contributed by atoms with E-state index in [-0.39, 0.29) is 81.6 Å². The Morgan fingerprint density at radius 1 is 0.487 bits per heavy atom. The molecular weight excluding hydrogens is 1010 g/mol. The Balaban J connectivity index is 0.00000144. The highest BCUT2D eigenvalue weighted by Crippen LogP contribution is 2.23. The van der Waals surface area contributed by atoms with Gasteiger partial charge in [-0.25, -0.2) is 14.4 Å². The molecular formula is C49H71N7O20. The van der Waals surface area contributed by atoms with E-state index in [0.29, 0.717) is 42.6 Å². The van der Waals surface area contributed by atoms with Crippen molar-refractivity contribution in [3.63, 3.8) is 0 Å². The van der Waals surface area contributed by atoms with Crippen molar-refractivity contribution in [1.29, 1.82) is 0 Å². The third-order valence-electron chi connectivity index (χ3n) is 11.0. The molecule has 0 aliphatic rings. The number of carbonyl (C=O) groups excluding carboxylic acids is 4. The second-order valence-electron chi connectivity index (χ2n) is 17.4. The fourth-order valence-corrected chi connectivity index (χ4v) is 7.01. The van der Waals surface area contributed by atoms with Crippen molar-refractivity contribution in [2.45, 2.75) is 122 Å². The topological polar surface area (TPSA) is 436 Å². The van der Waals surface area contributed by atoms with Crippen molar-refractivity contribution < 1.29 is 98.7 Å². The summed E-state index contributed by atoms with van der Waals surface area (Å²) in [6, 6.07) is 5.62. The van der Waals surface area contributed by atoms with Crippen LogP contribution in [0, 0.1) is 0 Å². The number of amides is 5. The summed E-state index contributed by atoms with van der Waals surface area (Å²) >= 11 is 0. The van der Waals surface area contributed by atoms with E-state index < -0.39 is 98.3 Å². The van der Waals surface area contributed by atoms with E-state index in [0.717, 1.165) is 37.7 Å². The van der Waals surface area contributed by atoms with Gasteiger partial charge < -0.3 is 72.5 Å². The van der Waals surface area contributed by atoms with E-state index in [1.165, 1.54) is 21.9 Å². The summed E-state index contributed by atoms with van der Waals surface area (Å²) < 4.78 is 0. The van der Waals surface area contributed by atoms with Crippen molar-refractivity contribution in [3.8, 4) is 11.5 Å². The summed E-state index contributed by atoms with van der Waals surface area (Å²) in [6.07, 6.45) is 3.81. The molecule has 0 aliphatic carbocycles. The Kier molecular flexibility index (Phi) is 31.9. The number of nitrogens with zero attached hydrogens (tertiary/aromatic N) is 2. The van der Waals surface area contributed by atoms with Gasteiger partial charge in [-0.2, -0.15) is 0 Å². The first-order valence-corrected chi connectivity index (χ1v) is 24.4. The molecule has 2 aromatic rings. The third-order valence-corrected chi connectivity index (χ3v) is 11.0. The van der Waals surface area contributed by atoms with Gasteiger partial charge in [0.05, 0.1) is 13.1 Å². The highest BCUT2D eigenvalue weighted by molar-refractivity contribution is 5.85. The fraction of sp³-hybridized carbons (Fsp3) is 0.531. The maximum atomic E-state index is 12.5. The number of hydrogen-bond acceptors (Lipinski definition) is 15. The molecule has 0 aromatic heterocycles. The zero-order chi connectivity index (χ0) is 57.2. The minimum atomic E-state index is -1.39. The Morgan fingerprint density at radius 3 is 1.37 bits per heavy atom.